The summed E-state index contributed by atoms with van der Waals surface area (Å²) < 4.78 is 45.5. The first-order valence-corrected chi connectivity index (χ1v) is 15.7. The minimum atomic E-state index is -3.97. The van der Waals surface area contributed by atoms with Crippen LogP contribution < -0.4 is 14.9 Å². The maximum Gasteiger partial charge on any atom is 0.261 e. The molecule has 3 aromatic carbocycles. The monoisotopic (exact) mass is 612 g/mol. The smallest absolute Gasteiger partial charge is 0.261 e. The molecule has 12 heteroatoms. The molecular formula is C32H33FN8O2S. The molecule has 1 aliphatic heterocycles. The van der Waals surface area contributed by atoms with Crippen LogP contribution in [0, 0.1) is 19.7 Å². The van der Waals surface area contributed by atoms with Gasteiger partial charge in [-0.1, -0.05) is 6.07 Å². The number of hydrogen-bond donors (Lipinski definition) is 2. The molecular weight excluding hydrogens is 579 g/mol. The van der Waals surface area contributed by atoms with Gasteiger partial charge in [-0.2, -0.15) is 0 Å². The molecule has 1 saturated heterocycles. The van der Waals surface area contributed by atoms with Gasteiger partial charge in [-0.3, -0.25) is 4.72 Å². The summed E-state index contributed by atoms with van der Waals surface area (Å²) in [5, 5.41) is 3.15. The van der Waals surface area contributed by atoms with E-state index in [0.29, 0.717) is 17.1 Å². The molecule has 1 fully saturated rings. The number of likely N-dealkylation sites (N-methyl/N-ethyl adjacent to an activating group) is 1. The van der Waals surface area contributed by atoms with Crippen molar-refractivity contribution < 1.29 is 12.8 Å². The van der Waals surface area contributed by atoms with Crippen LogP contribution in [0.4, 0.5) is 27.4 Å². The summed E-state index contributed by atoms with van der Waals surface area (Å²) in [6.07, 6.45) is 5.23. The zero-order chi connectivity index (χ0) is 30.8. The molecule has 0 bridgehead atoms. The lowest BCUT2D eigenvalue weighted by molar-refractivity contribution is 0.313. The van der Waals surface area contributed by atoms with Gasteiger partial charge in [0.1, 0.15) is 5.82 Å². The zero-order valence-electron chi connectivity index (χ0n) is 24.7. The van der Waals surface area contributed by atoms with Gasteiger partial charge in [0.25, 0.3) is 10.0 Å². The van der Waals surface area contributed by atoms with Crippen LogP contribution in [0.5, 0.6) is 0 Å². The van der Waals surface area contributed by atoms with E-state index in [2.05, 4.69) is 47.9 Å². The highest BCUT2D eigenvalue weighted by Crippen LogP contribution is 2.30. The first kappa shape index (κ1) is 29.3. The van der Waals surface area contributed by atoms with Gasteiger partial charge in [0, 0.05) is 55.5 Å². The van der Waals surface area contributed by atoms with Crippen molar-refractivity contribution >= 4 is 33.0 Å². The van der Waals surface area contributed by atoms with Crippen LogP contribution in [0.1, 0.15) is 11.3 Å². The Morgan fingerprint density at radius 1 is 0.864 bits per heavy atom. The fourth-order valence-electron chi connectivity index (χ4n) is 5.05. The Morgan fingerprint density at radius 3 is 2.34 bits per heavy atom. The number of rotatable bonds is 8. The molecule has 44 heavy (non-hydrogen) atoms. The van der Waals surface area contributed by atoms with Gasteiger partial charge in [-0.05, 0) is 87.1 Å². The molecule has 0 saturated carbocycles. The molecule has 0 radical (unpaired) electrons. The van der Waals surface area contributed by atoms with Gasteiger partial charge in [-0.25, -0.2) is 27.8 Å². The summed E-state index contributed by atoms with van der Waals surface area (Å²) in [6, 6.07) is 18.4. The van der Waals surface area contributed by atoms with E-state index in [9.17, 15) is 12.8 Å². The van der Waals surface area contributed by atoms with E-state index < -0.39 is 10.0 Å². The minimum absolute atomic E-state index is 0.0883. The molecule has 1 aliphatic rings. The lowest BCUT2D eigenvalue weighted by Gasteiger charge is -2.34. The van der Waals surface area contributed by atoms with Crippen LogP contribution in [0.3, 0.4) is 0 Å². The first-order chi connectivity index (χ1) is 21.1. The molecule has 0 spiro atoms. The Bertz CT molecular complexity index is 1900. The number of nitrogens with zero attached hydrogens (tertiary/aromatic N) is 6. The zero-order valence-corrected chi connectivity index (χ0v) is 25.5. The van der Waals surface area contributed by atoms with Gasteiger partial charge in [0.15, 0.2) is 0 Å². The molecule has 2 aromatic heterocycles. The van der Waals surface area contributed by atoms with Gasteiger partial charge < -0.3 is 19.7 Å². The van der Waals surface area contributed by atoms with Gasteiger partial charge >= 0.3 is 0 Å². The molecule has 3 heterocycles. The van der Waals surface area contributed by atoms with E-state index in [1.165, 1.54) is 12.1 Å². The number of piperazine rings is 1. The fraction of sp³-hybridized carbons (Fsp3) is 0.219. The Kier molecular flexibility index (Phi) is 8.02. The first-order valence-electron chi connectivity index (χ1n) is 14.2. The standard InChI is InChI=1S/C32H33FN8O2S/c1-22-4-9-29(19-31(22)37-32-34-11-10-30(36-32)24-5-7-25(33)8-6-24)44(42,43)38-26-16-27(40-14-12-39(3)13-15-40)18-28(17-26)41-20-23(2)35-21-41/h4-11,16-21,38H,12-15H2,1-3H3,(H,34,36,37). The quantitative estimate of drug-likeness (QED) is 0.241. The third kappa shape index (κ3) is 6.56. The average Bonchev–Trinajstić information content (AvgIpc) is 3.45. The van der Waals surface area contributed by atoms with E-state index in [1.54, 1.807) is 55.0 Å². The number of anilines is 4. The van der Waals surface area contributed by atoms with Crippen molar-refractivity contribution in [1.82, 2.24) is 24.4 Å². The SMILES string of the molecule is Cc1cn(-c2cc(NS(=O)(=O)c3ccc(C)c(Nc4nccc(-c5ccc(F)cc5)n4)c3)cc(N3CCN(C)CC3)c2)cn1. The van der Waals surface area contributed by atoms with E-state index >= 15 is 0 Å². The number of hydrogen-bond acceptors (Lipinski definition) is 8. The molecule has 0 amide bonds. The number of aromatic nitrogens is 4. The molecule has 0 unspecified atom stereocenters. The summed E-state index contributed by atoms with van der Waals surface area (Å²) in [5.41, 5.74) is 5.76. The molecule has 2 N–H and O–H groups in total. The third-order valence-electron chi connectivity index (χ3n) is 7.59. The second-order valence-corrected chi connectivity index (χ2v) is 12.6. The summed E-state index contributed by atoms with van der Waals surface area (Å²) in [6.45, 7) is 7.31. The predicted molar refractivity (Wildman–Crippen MR) is 171 cm³/mol. The summed E-state index contributed by atoms with van der Waals surface area (Å²) >= 11 is 0. The van der Waals surface area contributed by atoms with Crippen molar-refractivity contribution in [2.24, 2.45) is 0 Å². The summed E-state index contributed by atoms with van der Waals surface area (Å²) in [5.74, 6) is -0.0416. The highest BCUT2D eigenvalue weighted by atomic mass is 32.2. The second kappa shape index (κ2) is 12.1. The summed E-state index contributed by atoms with van der Waals surface area (Å²) in [4.78, 5) is 17.8. The summed E-state index contributed by atoms with van der Waals surface area (Å²) in [7, 11) is -1.87. The molecule has 0 aliphatic carbocycles. The van der Waals surface area contributed by atoms with Crippen LogP contribution in [0.2, 0.25) is 0 Å². The Labute approximate surface area is 256 Å². The highest BCUT2D eigenvalue weighted by molar-refractivity contribution is 7.92. The number of nitrogens with one attached hydrogen (secondary N) is 2. The molecule has 5 aromatic rings. The van der Waals surface area contributed by atoms with E-state index in [1.807, 2.05) is 30.7 Å². The van der Waals surface area contributed by atoms with Gasteiger partial charge in [-0.15, -0.1) is 0 Å². The normalized spacial score (nSPS) is 14.0. The maximum atomic E-state index is 13.7. The third-order valence-corrected chi connectivity index (χ3v) is 8.97. The van der Waals surface area contributed by atoms with Crippen molar-refractivity contribution in [3.8, 4) is 16.9 Å². The van der Waals surface area contributed by atoms with Crippen molar-refractivity contribution in [1.29, 1.82) is 0 Å². The number of sulfonamides is 1. The average molecular weight is 613 g/mol. The van der Waals surface area contributed by atoms with Crippen LogP contribution in [0.15, 0.2) is 90.3 Å². The van der Waals surface area contributed by atoms with Crippen LogP contribution in [-0.4, -0.2) is 66.1 Å². The van der Waals surface area contributed by atoms with Crippen LogP contribution >= 0.6 is 0 Å². The minimum Gasteiger partial charge on any atom is -0.369 e. The van der Waals surface area contributed by atoms with Crippen molar-refractivity contribution in [3.63, 3.8) is 0 Å². The number of imidazole rings is 1. The molecule has 0 atom stereocenters. The van der Waals surface area contributed by atoms with Gasteiger partial charge in [0.2, 0.25) is 5.95 Å². The number of aryl methyl sites for hydroxylation is 2. The van der Waals surface area contributed by atoms with E-state index in [0.717, 1.165) is 54.4 Å². The Balaban J connectivity index is 1.28. The number of benzene rings is 3. The van der Waals surface area contributed by atoms with E-state index in [-0.39, 0.29) is 16.7 Å². The Morgan fingerprint density at radius 2 is 1.61 bits per heavy atom. The highest BCUT2D eigenvalue weighted by Gasteiger charge is 2.20. The lowest BCUT2D eigenvalue weighted by Crippen LogP contribution is -2.44. The van der Waals surface area contributed by atoms with Crippen molar-refractivity contribution in [2.45, 2.75) is 18.7 Å². The van der Waals surface area contributed by atoms with Crippen LogP contribution in [-0.2, 0) is 10.0 Å². The largest absolute Gasteiger partial charge is 0.369 e. The lowest BCUT2D eigenvalue weighted by atomic mass is 10.1. The fourth-order valence-corrected chi connectivity index (χ4v) is 6.12. The maximum absolute atomic E-state index is 13.7. The molecule has 6 rings (SSSR count). The second-order valence-electron chi connectivity index (χ2n) is 10.9. The van der Waals surface area contributed by atoms with Crippen molar-refractivity contribution in [3.05, 3.63) is 103 Å². The predicted octanol–water partition coefficient (Wildman–Crippen LogP) is 5.38. The van der Waals surface area contributed by atoms with Gasteiger partial charge in [0.05, 0.1) is 34.0 Å². The molecule has 10 nitrogen and oxygen atoms in total. The van der Waals surface area contributed by atoms with Crippen LogP contribution in [0.25, 0.3) is 16.9 Å². The topological polar surface area (TPSA) is 108 Å². The van der Waals surface area contributed by atoms with E-state index in [4.69, 9.17) is 0 Å². The Hall–Kier alpha value is -4.81. The number of halogens is 1. The van der Waals surface area contributed by atoms with Crippen molar-refractivity contribution in [2.75, 3.05) is 48.2 Å². The molecule has 226 valence electrons.